The lowest BCUT2D eigenvalue weighted by Crippen LogP contribution is -2.55. The van der Waals surface area contributed by atoms with Crippen LogP contribution in [-0.2, 0) is 11.3 Å². The van der Waals surface area contributed by atoms with Gasteiger partial charge in [0.15, 0.2) is 0 Å². The van der Waals surface area contributed by atoms with Crippen molar-refractivity contribution in [2.75, 3.05) is 38.1 Å². The van der Waals surface area contributed by atoms with Gasteiger partial charge in [-0.15, -0.1) is 0 Å². The average Bonchev–Trinajstić information content (AvgIpc) is 3.14. The fraction of sp³-hybridized carbons (Fsp3) is 0.455. The molecular weight excluding hydrogens is 394 g/mol. The summed E-state index contributed by atoms with van der Waals surface area (Å²) in [6.07, 6.45) is 3.02. The molecule has 1 aliphatic rings. The summed E-state index contributed by atoms with van der Waals surface area (Å²) in [5.74, 6) is 1.50. The van der Waals surface area contributed by atoms with Crippen LogP contribution in [-0.4, -0.2) is 74.7 Å². The Balaban J connectivity index is 1.28. The van der Waals surface area contributed by atoms with Gasteiger partial charge in [-0.2, -0.15) is 0 Å². The average molecular weight is 424 g/mol. The number of para-hydroxylation sites is 2. The molecule has 0 saturated carbocycles. The van der Waals surface area contributed by atoms with E-state index in [2.05, 4.69) is 30.2 Å². The summed E-state index contributed by atoms with van der Waals surface area (Å²) < 4.78 is 0. The molecule has 4 rings (SSSR count). The number of likely N-dealkylation sites (N-methyl/N-ethyl adjacent to an activating group) is 1. The Kier molecular flexibility index (Phi) is 6.15. The predicted octanol–water partition coefficient (Wildman–Crippen LogP) is 1.24. The molecule has 0 bridgehead atoms. The molecule has 1 unspecified atom stereocenters. The molecule has 1 fully saturated rings. The molecule has 1 atom stereocenters. The Hall–Kier alpha value is -3.04. The highest BCUT2D eigenvalue weighted by Gasteiger charge is 2.34. The van der Waals surface area contributed by atoms with Crippen molar-refractivity contribution in [3.05, 3.63) is 48.2 Å². The molecule has 1 saturated heterocycles. The number of aryl methyl sites for hydroxylation is 1. The lowest BCUT2D eigenvalue weighted by Gasteiger charge is -2.40. The van der Waals surface area contributed by atoms with Gasteiger partial charge in [0.25, 0.3) is 0 Å². The van der Waals surface area contributed by atoms with Gasteiger partial charge in [0.1, 0.15) is 18.0 Å². The number of hydrogen-bond acceptors (Lipinski definition) is 7. The number of nitrogens with zero attached hydrogens (tertiary/aromatic N) is 5. The van der Waals surface area contributed by atoms with E-state index in [1.165, 1.54) is 6.33 Å². The number of rotatable bonds is 7. The Labute approximate surface area is 181 Å². The van der Waals surface area contributed by atoms with E-state index in [1.807, 2.05) is 49.2 Å². The van der Waals surface area contributed by atoms with Gasteiger partial charge >= 0.3 is 0 Å². The van der Waals surface area contributed by atoms with E-state index in [9.17, 15) is 9.90 Å². The Bertz CT molecular complexity index is 1020. The molecule has 164 valence electrons. The zero-order valence-corrected chi connectivity index (χ0v) is 18.0. The number of hydrogen-bond donors (Lipinski definition) is 3. The number of piperidine rings is 1. The zero-order valence-electron chi connectivity index (χ0n) is 18.0. The first-order valence-corrected chi connectivity index (χ1v) is 10.6. The standard InChI is InChI=1S/C22H29N7O2/c1-16-10-20(25-15-24-16)29-9-5-8-22(31,14-29)13-23-21(30)12-28(2)11-19-26-17-6-3-4-7-18(17)27-19/h3-4,6-7,10,15,31H,5,8-9,11-14H2,1-2H3,(H,23,30)(H,26,27). The topological polar surface area (TPSA) is 110 Å². The molecule has 3 aromatic rings. The first-order chi connectivity index (χ1) is 14.9. The molecule has 0 spiro atoms. The van der Waals surface area contributed by atoms with Crippen molar-refractivity contribution in [3.8, 4) is 0 Å². The van der Waals surface area contributed by atoms with Crippen molar-refractivity contribution >= 4 is 22.8 Å². The fourth-order valence-corrected chi connectivity index (χ4v) is 4.02. The van der Waals surface area contributed by atoms with E-state index in [0.29, 0.717) is 19.5 Å². The number of imidazole rings is 1. The van der Waals surface area contributed by atoms with Gasteiger partial charge in [0.2, 0.25) is 5.91 Å². The van der Waals surface area contributed by atoms with E-state index in [0.717, 1.165) is 41.3 Å². The number of carbonyl (C=O) groups is 1. The third-order valence-electron chi connectivity index (χ3n) is 5.55. The van der Waals surface area contributed by atoms with Crippen LogP contribution < -0.4 is 10.2 Å². The van der Waals surface area contributed by atoms with Crippen LogP contribution in [0.1, 0.15) is 24.4 Å². The molecule has 1 aromatic carbocycles. The smallest absolute Gasteiger partial charge is 0.234 e. The molecule has 3 N–H and O–H groups in total. The number of β-amino-alcohol motifs (C(OH)–C–C–N with tert-alkyl or cyclic N) is 1. The SMILES string of the molecule is Cc1cc(N2CCCC(O)(CNC(=O)CN(C)Cc3nc4ccccc4[nH]3)C2)ncn1. The van der Waals surface area contributed by atoms with Crippen molar-refractivity contribution in [3.63, 3.8) is 0 Å². The minimum atomic E-state index is -0.982. The number of nitrogens with one attached hydrogen (secondary N) is 2. The maximum absolute atomic E-state index is 12.5. The van der Waals surface area contributed by atoms with Crippen LogP contribution in [0.25, 0.3) is 11.0 Å². The van der Waals surface area contributed by atoms with Crippen molar-refractivity contribution in [1.82, 2.24) is 30.2 Å². The molecule has 31 heavy (non-hydrogen) atoms. The van der Waals surface area contributed by atoms with Crippen LogP contribution in [0.5, 0.6) is 0 Å². The van der Waals surface area contributed by atoms with E-state index < -0.39 is 5.60 Å². The van der Waals surface area contributed by atoms with Crippen LogP contribution in [0.2, 0.25) is 0 Å². The highest BCUT2D eigenvalue weighted by molar-refractivity contribution is 5.78. The second-order valence-corrected chi connectivity index (χ2v) is 8.42. The number of H-pyrrole nitrogens is 1. The van der Waals surface area contributed by atoms with Gasteiger partial charge in [0, 0.05) is 31.4 Å². The molecule has 9 nitrogen and oxygen atoms in total. The van der Waals surface area contributed by atoms with Crippen molar-refractivity contribution in [2.45, 2.75) is 31.9 Å². The summed E-state index contributed by atoms with van der Waals surface area (Å²) >= 11 is 0. The quantitative estimate of drug-likeness (QED) is 0.524. The number of anilines is 1. The zero-order chi connectivity index (χ0) is 21.8. The normalized spacial score (nSPS) is 19.2. The first kappa shape index (κ1) is 21.2. The third kappa shape index (κ3) is 5.36. The van der Waals surface area contributed by atoms with Gasteiger partial charge in [-0.3, -0.25) is 9.69 Å². The van der Waals surface area contributed by atoms with Crippen LogP contribution in [0.3, 0.4) is 0 Å². The van der Waals surface area contributed by atoms with E-state index in [1.54, 1.807) is 0 Å². The molecule has 3 heterocycles. The van der Waals surface area contributed by atoms with Crippen LogP contribution in [0.4, 0.5) is 5.82 Å². The van der Waals surface area contributed by atoms with E-state index in [4.69, 9.17) is 0 Å². The summed E-state index contributed by atoms with van der Waals surface area (Å²) in [6.45, 7) is 4.15. The third-order valence-corrected chi connectivity index (χ3v) is 5.55. The van der Waals surface area contributed by atoms with Gasteiger partial charge in [0.05, 0.1) is 29.7 Å². The lowest BCUT2D eigenvalue weighted by molar-refractivity contribution is -0.123. The van der Waals surface area contributed by atoms with Crippen LogP contribution in [0, 0.1) is 6.92 Å². The highest BCUT2D eigenvalue weighted by Crippen LogP contribution is 2.24. The molecule has 0 aliphatic carbocycles. The number of amides is 1. The van der Waals surface area contributed by atoms with Gasteiger partial charge in [-0.25, -0.2) is 15.0 Å². The Morgan fingerprint density at radius 3 is 3.00 bits per heavy atom. The van der Waals surface area contributed by atoms with E-state index >= 15 is 0 Å². The number of aromatic amines is 1. The lowest BCUT2D eigenvalue weighted by atomic mass is 9.92. The monoisotopic (exact) mass is 423 g/mol. The summed E-state index contributed by atoms with van der Waals surface area (Å²) in [4.78, 5) is 32.7. The summed E-state index contributed by atoms with van der Waals surface area (Å²) in [7, 11) is 1.88. The van der Waals surface area contributed by atoms with E-state index in [-0.39, 0.29) is 19.0 Å². The molecule has 1 amide bonds. The van der Waals surface area contributed by atoms with Crippen LogP contribution >= 0.6 is 0 Å². The fourth-order valence-electron chi connectivity index (χ4n) is 4.02. The van der Waals surface area contributed by atoms with Gasteiger partial charge in [-0.1, -0.05) is 12.1 Å². The number of aliphatic hydroxyl groups is 1. The summed E-state index contributed by atoms with van der Waals surface area (Å²) in [5.41, 5.74) is 1.81. The van der Waals surface area contributed by atoms with Crippen molar-refractivity contribution < 1.29 is 9.90 Å². The number of benzene rings is 1. The molecule has 0 radical (unpaired) electrons. The second kappa shape index (κ2) is 8.99. The largest absolute Gasteiger partial charge is 0.386 e. The maximum Gasteiger partial charge on any atom is 0.234 e. The molecule has 9 heteroatoms. The Morgan fingerprint density at radius 1 is 1.35 bits per heavy atom. The highest BCUT2D eigenvalue weighted by atomic mass is 16.3. The molecule has 2 aromatic heterocycles. The van der Waals surface area contributed by atoms with Crippen molar-refractivity contribution in [1.29, 1.82) is 0 Å². The molecular formula is C22H29N7O2. The predicted molar refractivity (Wildman–Crippen MR) is 119 cm³/mol. The number of carbonyl (C=O) groups excluding carboxylic acids is 1. The maximum atomic E-state index is 12.5. The second-order valence-electron chi connectivity index (χ2n) is 8.42. The summed E-state index contributed by atoms with van der Waals surface area (Å²) in [6, 6.07) is 9.77. The minimum absolute atomic E-state index is 0.123. The van der Waals surface area contributed by atoms with Gasteiger partial charge in [-0.05, 0) is 38.9 Å². The van der Waals surface area contributed by atoms with Crippen molar-refractivity contribution in [2.24, 2.45) is 0 Å². The molecule has 1 aliphatic heterocycles. The number of fused-ring (bicyclic) bond motifs is 1. The first-order valence-electron chi connectivity index (χ1n) is 10.6. The van der Waals surface area contributed by atoms with Crippen LogP contribution in [0.15, 0.2) is 36.7 Å². The Morgan fingerprint density at radius 2 is 2.19 bits per heavy atom. The number of aromatic nitrogens is 4. The summed E-state index contributed by atoms with van der Waals surface area (Å²) in [5, 5.41) is 13.9. The minimum Gasteiger partial charge on any atom is -0.386 e. The van der Waals surface area contributed by atoms with Gasteiger partial charge < -0.3 is 20.3 Å².